The molecular weight excluding hydrogens is 212 g/mol. The van der Waals surface area contributed by atoms with Gasteiger partial charge in [-0.15, -0.1) is 5.10 Å². The van der Waals surface area contributed by atoms with E-state index in [2.05, 4.69) is 20.8 Å². The van der Waals surface area contributed by atoms with Gasteiger partial charge in [0, 0.05) is 11.8 Å². The smallest absolute Gasteiger partial charge is 0.315 e. The maximum absolute atomic E-state index is 5.42. The van der Waals surface area contributed by atoms with Crippen LogP contribution in [0.1, 0.15) is 18.7 Å². The van der Waals surface area contributed by atoms with E-state index >= 15 is 0 Å². The van der Waals surface area contributed by atoms with Crippen molar-refractivity contribution in [3.8, 4) is 0 Å². The van der Waals surface area contributed by atoms with Crippen molar-refractivity contribution in [2.24, 2.45) is 0 Å². The Morgan fingerprint density at radius 1 is 1.53 bits per heavy atom. The zero-order valence-electron chi connectivity index (χ0n) is 8.82. The summed E-state index contributed by atoms with van der Waals surface area (Å²) < 4.78 is 5.42. The van der Waals surface area contributed by atoms with Gasteiger partial charge in [-0.1, -0.05) is 5.10 Å². The van der Waals surface area contributed by atoms with Crippen LogP contribution in [0.15, 0.2) is 4.42 Å². The molecule has 0 saturated carbocycles. The van der Waals surface area contributed by atoms with Crippen LogP contribution < -0.4 is 10.6 Å². The predicted octanol–water partition coefficient (Wildman–Crippen LogP) is 1.10. The Morgan fingerprint density at radius 3 is 3.20 bits per heavy atom. The highest BCUT2D eigenvalue weighted by Crippen LogP contribution is 2.20. The van der Waals surface area contributed by atoms with Gasteiger partial charge in [0.05, 0.1) is 6.54 Å². The molecule has 15 heavy (non-hydrogen) atoms. The minimum atomic E-state index is 0.478. The van der Waals surface area contributed by atoms with E-state index in [4.69, 9.17) is 4.42 Å². The number of hydrogen-bond acceptors (Lipinski definition) is 6. The minimum absolute atomic E-state index is 0.478. The van der Waals surface area contributed by atoms with Gasteiger partial charge in [0.2, 0.25) is 5.89 Å². The highest BCUT2D eigenvalue weighted by atomic mass is 32.2. The molecule has 84 valence electrons. The molecule has 2 heterocycles. The summed E-state index contributed by atoms with van der Waals surface area (Å²) in [5.74, 6) is 3.03. The number of anilines is 1. The molecule has 5 nitrogen and oxygen atoms in total. The number of nitrogens with zero attached hydrogens (tertiary/aromatic N) is 2. The molecule has 0 aromatic carbocycles. The van der Waals surface area contributed by atoms with Gasteiger partial charge in [0.25, 0.3) is 0 Å². The highest BCUT2D eigenvalue weighted by Gasteiger charge is 2.15. The molecule has 1 aromatic rings. The van der Waals surface area contributed by atoms with Crippen LogP contribution in [0.4, 0.5) is 6.01 Å². The lowest BCUT2D eigenvalue weighted by Crippen LogP contribution is -2.25. The monoisotopic (exact) mass is 228 g/mol. The molecule has 2 rings (SSSR count). The quantitative estimate of drug-likeness (QED) is 0.804. The third-order valence-electron chi connectivity index (χ3n) is 2.28. The lowest BCUT2D eigenvalue weighted by molar-refractivity contribution is 0.483. The first kappa shape index (κ1) is 10.8. The van der Waals surface area contributed by atoms with Gasteiger partial charge in [0.15, 0.2) is 0 Å². The van der Waals surface area contributed by atoms with Gasteiger partial charge in [-0.3, -0.25) is 0 Å². The van der Waals surface area contributed by atoms with Crippen LogP contribution in [-0.2, 0) is 6.54 Å². The zero-order valence-corrected chi connectivity index (χ0v) is 9.64. The Labute approximate surface area is 93.4 Å². The van der Waals surface area contributed by atoms with Gasteiger partial charge < -0.3 is 15.1 Å². The van der Waals surface area contributed by atoms with Crippen molar-refractivity contribution in [2.75, 3.05) is 23.9 Å². The normalized spacial score (nSPS) is 21.5. The largest absolute Gasteiger partial charge is 0.407 e. The minimum Gasteiger partial charge on any atom is -0.407 e. The molecule has 1 aromatic heterocycles. The fourth-order valence-corrected chi connectivity index (χ4v) is 2.64. The van der Waals surface area contributed by atoms with Crippen molar-refractivity contribution >= 4 is 17.8 Å². The van der Waals surface area contributed by atoms with Gasteiger partial charge in [-0.25, -0.2) is 0 Å². The van der Waals surface area contributed by atoms with E-state index < -0.39 is 0 Å². The van der Waals surface area contributed by atoms with Crippen LogP contribution in [0.3, 0.4) is 0 Å². The second kappa shape index (κ2) is 5.37. The third-order valence-corrected chi connectivity index (χ3v) is 3.50. The third kappa shape index (κ3) is 3.10. The van der Waals surface area contributed by atoms with E-state index in [1.807, 2.05) is 18.8 Å². The summed E-state index contributed by atoms with van der Waals surface area (Å²) >= 11 is 1.97. The molecule has 1 aliphatic rings. The van der Waals surface area contributed by atoms with Crippen molar-refractivity contribution in [2.45, 2.75) is 25.4 Å². The van der Waals surface area contributed by atoms with E-state index in [9.17, 15) is 0 Å². The van der Waals surface area contributed by atoms with E-state index in [1.165, 1.54) is 18.6 Å². The lowest BCUT2D eigenvalue weighted by Gasteiger charge is -2.20. The number of hydrogen-bond donors (Lipinski definition) is 2. The number of nitrogens with one attached hydrogen (secondary N) is 2. The van der Waals surface area contributed by atoms with Crippen LogP contribution in [0.2, 0.25) is 0 Å². The molecule has 0 spiro atoms. The number of aromatic nitrogens is 2. The standard InChI is InChI=1S/C9H16N4OS/c1-10-5-8-12-13-9(14-8)11-7-3-2-4-15-6-7/h7,10H,2-6H2,1H3,(H,11,13). The fourth-order valence-electron chi connectivity index (χ4n) is 1.56. The maximum Gasteiger partial charge on any atom is 0.315 e. The number of thioether (sulfide) groups is 1. The average molecular weight is 228 g/mol. The van der Waals surface area contributed by atoms with Gasteiger partial charge in [-0.2, -0.15) is 11.8 Å². The molecule has 1 saturated heterocycles. The molecular formula is C9H16N4OS. The highest BCUT2D eigenvalue weighted by molar-refractivity contribution is 7.99. The van der Waals surface area contributed by atoms with Crippen LogP contribution in [0.5, 0.6) is 0 Å². The molecule has 0 bridgehead atoms. The maximum atomic E-state index is 5.42. The molecule has 1 fully saturated rings. The second-order valence-corrected chi connectivity index (χ2v) is 4.74. The fraction of sp³-hybridized carbons (Fsp3) is 0.778. The molecule has 1 unspecified atom stereocenters. The summed E-state index contributed by atoms with van der Waals surface area (Å²) in [6, 6.07) is 1.03. The Kier molecular flexibility index (Phi) is 3.85. The first-order valence-electron chi connectivity index (χ1n) is 5.20. The predicted molar refractivity (Wildman–Crippen MR) is 61.0 cm³/mol. The topological polar surface area (TPSA) is 63.0 Å². The van der Waals surface area contributed by atoms with Gasteiger partial charge in [-0.05, 0) is 25.6 Å². The van der Waals surface area contributed by atoms with Crippen molar-refractivity contribution in [3.63, 3.8) is 0 Å². The van der Waals surface area contributed by atoms with Crippen molar-refractivity contribution in [1.29, 1.82) is 0 Å². The molecule has 0 amide bonds. The summed E-state index contributed by atoms with van der Waals surface area (Å²) in [7, 11) is 1.86. The summed E-state index contributed by atoms with van der Waals surface area (Å²) in [4.78, 5) is 0. The van der Waals surface area contributed by atoms with Crippen LogP contribution in [0, 0.1) is 0 Å². The molecule has 2 N–H and O–H groups in total. The second-order valence-electron chi connectivity index (χ2n) is 3.59. The van der Waals surface area contributed by atoms with E-state index in [1.54, 1.807) is 0 Å². The molecule has 1 aliphatic heterocycles. The van der Waals surface area contributed by atoms with Gasteiger partial charge >= 0.3 is 6.01 Å². The molecule has 1 atom stereocenters. The summed E-state index contributed by atoms with van der Waals surface area (Å²) in [5.41, 5.74) is 0. The van der Waals surface area contributed by atoms with Crippen molar-refractivity contribution < 1.29 is 4.42 Å². The Balaban J connectivity index is 1.86. The summed E-state index contributed by atoms with van der Waals surface area (Å²) in [6.45, 7) is 0.619. The Hall–Kier alpha value is -0.750. The number of rotatable bonds is 4. The zero-order chi connectivity index (χ0) is 10.5. The Bertz CT molecular complexity index is 298. The van der Waals surface area contributed by atoms with Crippen molar-refractivity contribution in [1.82, 2.24) is 15.5 Å². The molecule has 0 radical (unpaired) electrons. The van der Waals surface area contributed by atoms with E-state index in [-0.39, 0.29) is 0 Å². The first-order chi connectivity index (χ1) is 7.38. The summed E-state index contributed by atoms with van der Waals surface area (Å²) in [5, 5.41) is 14.1. The Morgan fingerprint density at radius 2 is 2.47 bits per heavy atom. The van der Waals surface area contributed by atoms with Gasteiger partial charge in [0.1, 0.15) is 0 Å². The SMILES string of the molecule is CNCc1nnc(NC2CCCSC2)o1. The van der Waals surface area contributed by atoms with E-state index in [0.29, 0.717) is 24.5 Å². The van der Waals surface area contributed by atoms with Crippen LogP contribution >= 0.6 is 11.8 Å². The van der Waals surface area contributed by atoms with Crippen molar-refractivity contribution in [3.05, 3.63) is 5.89 Å². The molecule has 0 aliphatic carbocycles. The lowest BCUT2D eigenvalue weighted by atomic mass is 10.2. The average Bonchev–Trinajstić information content (AvgIpc) is 2.68. The van der Waals surface area contributed by atoms with Crippen LogP contribution in [0.25, 0.3) is 0 Å². The van der Waals surface area contributed by atoms with E-state index in [0.717, 1.165) is 5.75 Å². The first-order valence-corrected chi connectivity index (χ1v) is 6.35. The summed E-state index contributed by atoms with van der Waals surface area (Å²) in [6.07, 6.45) is 2.45. The molecule has 6 heteroatoms. The van der Waals surface area contributed by atoms with Crippen LogP contribution in [-0.4, -0.2) is 34.8 Å².